The van der Waals surface area contributed by atoms with Gasteiger partial charge in [0.15, 0.2) is 0 Å². The highest BCUT2D eigenvalue weighted by Gasteiger charge is 2.29. The minimum absolute atomic E-state index is 0.0419. The minimum atomic E-state index is -0.0445. The molecule has 0 aliphatic heterocycles. The summed E-state index contributed by atoms with van der Waals surface area (Å²) < 4.78 is 12.4. The number of rotatable bonds is 7. The van der Waals surface area contributed by atoms with E-state index in [1.54, 1.807) is 0 Å². The molecule has 0 saturated heterocycles. The van der Waals surface area contributed by atoms with Crippen molar-refractivity contribution in [1.82, 2.24) is 0 Å². The van der Waals surface area contributed by atoms with Gasteiger partial charge < -0.3 is 15.2 Å². The van der Waals surface area contributed by atoms with Gasteiger partial charge in [0.2, 0.25) is 0 Å². The Morgan fingerprint density at radius 1 is 0.571 bits per heavy atom. The highest BCUT2D eigenvalue weighted by molar-refractivity contribution is 5.64. The van der Waals surface area contributed by atoms with E-state index in [9.17, 15) is 0 Å². The fourth-order valence-corrected chi connectivity index (χ4v) is 5.39. The van der Waals surface area contributed by atoms with Crippen molar-refractivity contribution in [2.45, 2.75) is 50.7 Å². The van der Waals surface area contributed by atoms with E-state index in [2.05, 4.69) is 91.0 Å². The molecule has 0 spiro atoms. The van der Waals surface area contributed by atoms with Gasteiger partial charge in [-0.05, 0) is 57.3 Å². The molecule has 2 N–H and O–H groups in total. The zero-order valence-electron chi connectivity index (χ0n) is 19.9. The van der Waals surface area contributed by atoms with Gasteiger partial charge in [-0.25, -0.2) is 0 Å². The van der Waals surface area contributed by atoms with Crippen LogP contribution in [0.4, 0.5) is 0 Å². The lowest BCUT2D eigenvalue weighted by atomic mass is 10.0. The zero-order valence-corrected chi connectivity index (χ0v) is 19.9. The molecule has 0 heterocycles. The van der Waals surface area contributed by atoms with Gasteiger partial charge in [-0.1, -0.05) is 97.1 Å². The Labute approximate surface area is 207 Å². The first-order chi connectivity index (χ1) is 17.2. The number of nitrogens with two attached hydrogens (primary N) is 1. The van der Waals surface area contributed by atoms with Gasteiger partial charge in [-0.15, -0.1) is 0 Å². The van der Waals surface area contributed by atoms with Crippen molar-refractivity contribution in [2.75, 3.05) is 0 Å². The maximum absolute atomic E-state index is 6.41. The lowest BCUT2D eigenvalue weighted by Gasteiger charge is -2.17. The van der Waals surface area contributed by atoms with Gasteiger partial charge in [0.05, 0.1) is 31.5 Å². The third-order valence-corrected chi connectivity index (χ3v) is 7.44. The largest absolute Gasteiger partial charge is 0.373 e. The van der Waals surface area contributed by atoms with Crippen LogP contribution in [0.1, 0.15) is 39.4 Å². The summed E-state index contributed by atoms with van der Waals surface area (Å²) in [4.78, 5) is 0. The van der Waals surface area contributed by atoms with Crippen LogP contribution in [0.5, 0.6) is 0 Å². The average molecular weight is 462 g/mol. The van der Waals surface area contributed by atoms with Gasteiger partial charge in [0.25, 0.3) is 0 Å². The molecule has 176 valence electrons. The highest BCUT2D eigenvalue weighted by atomic mass is 16.5. The van der Waals surface area contributed by atoms with Gasteiger partial charge in [-0.3, -0.25) is 0 Å². The zero-order chi connectivity index (χ0) is 23.6. The molecule has 0 bridgehead atoms. The lowest BCUT2D eigenvalue weighted by Crippen LogP contribution is -2.25. The molecule has 2 atom stereocenters. The smallest absolute Gasteiger partial charge is 0.0812 e. The topological polar surface area (TPSA) is 44.5 Å². The third-order valence-electron chi connectivity index (χ3n) is 7.44. The van der Waals surface area contributed by atoms with Gasteiger partial charge in [0.1, 0.15) is 0 Å². The van der Waals surface area contributed by atoms with Crippen LogP contribution in [0.25, 0.3) is 11.1 Å². The Bertz CT molecular complexity index is 1270. The molecule has 4 aromatic carbocycles. The van der Waals surface area contributed by atoms with E-state index in [0.29, 0.717) is 13.2 Å². The molecule has 3 heteroatoms. The summed E-state index contributed by atoms with van der Waals surface area (Å²) in [6.07, 6.45) is 3.25. The third kappa shape index (κ3) is 4.81. The standard InChI is InChI=1S/C32H31NO2/c33-32-30-8-4-3-7-28(30)19-31(32)35-21-23-11-15-25(16-12-23)24-13-9-22(10-14-24)20-34-29-17-26-5-1-2-6-27(26)18-29/h1-16,29,31-32H,17-21,33H2/t31-,32+/m1/s1. The molecule has 0 aromatic heterocycles. The Morgan fingerprint density at radius 2 is 1.09 bits per heavy atom. The van der Waals surface area contributed by atoms with E-state index in [-0.39, 0.29) is 18.2 Å². The van der Waals surface area contributed by atoms with Crippen molar-refractivity contribution >= 4 is 0 Å². The Hall–Kier alpha value is -3.24. The molecule has 6 rings (SSSR count). The first kappa shape index (κ1) is 22.2. The highest BCUT2D eigenvalue weighted by Crippen LogP contribution is 2.32. The summed E-state index contributed by atoms with van der Waals surface area (Å²) in [5.41, 5.74) is 16.6. The van der Waals surface area contributed by atoms with Crippen LogP contribution < -0.4 is 5.73 Å². The number of fused-ring (bicyclic) bond motifs is 2. The molecule has 2 aliphatic carbocycles. The quantitative estimate of drug-likeness (QED) is 0.357. The fourth-order valence-electron chi connectivity index (χ4n) is 5.39. The van der Waals surface area contributed by atoms with E-state index >= 15 is 0 Å². The second-order valence-electron chi connectivity index (χ2n) is 9.78. The Morgan fingerprint density at radius 3 is 1.66 bits per heavy atom. The van der Waals surface area contributed by atoms with Crippen molar-refractivity contribution < 1.29 is 9.47 Å². The van der Waals surface area contributed by atoms with E-state index in [1.165, 1.54) is 44.5 Å². The van der Waals surface area contributed by atoms with Crippen LogP contribution in [0.15, 0.2) is 97.1 Å². The molecule has 0 unspecified atom stereocenters. The number of hydrogen-bond donors (Lipinski definition) is 1. The summed E-state index contributed by atoms with van der Waals surface area (Å²) in [7, 11) is 0. The van der Waals surface area contributed by atoms with Gasteiger partial charge >= 0.3 is 0 Å². The van der Waals surface area contributed by atoms with Crippen molar-refractivity contribution in [1.29, 1.82) is 0 Å². The second kappa shape index (κ2) is 9.79. The fraction of sp³-hybridized carbons (Fsp3) is 0.250. The Kier molecular flexibility index (Phi) is 6.22. The number of ether oxygens (including phenoxy) is 2. The SMILES string of the molecule is N[C@H]1c2ccccc2C[C@H]1OCc1ccc(-c2ccc(COC3Cc4ccccc4C3)cc2)cc1. The summed E-state index contributed by atoms with van der Waals surface area (Å²) in [6, 6.07) is 34.4. The molecule has 35 heavy (non-hydrogen) atoms. The second-order valence-corrected chi connectivity index (χ2v) is 9.78. The lowest BCUT2D eigenvalue weighted by molar-refractivity contribution is 0.0313. The number of hydrogen-bond acceptors (Lipinski definition) is 3. The van der Waals surface area contributed by atoms with E-state index in [4.69, 9.17) is 15.2 Å². The molecule has 0 amide bonds. The van der Waals surface area contributed by atoms with Crippen LogP contribution >= 0.6 is 0 Å². The monoisotopic (exact) mass is 461 g/mol. The average Bonchev–Trinajstić information content (AvgIpc) is 3.47. The first-order valence-corrected chi connectivity index (χ1v) is 12.5. The summed E-state index contributed by atoms with van der Waals surface area (Å²) in [5, 5.41) is 0. The van der Waals surface area contributed by atoms with E-state index in [0.717, 1.165) is 19.3 Å². The van der Waals surface area contributed by atoms with Crippen molar-refractivity contribution in [2.24, 2.45) is 5.73 Å². The van der Waals surface area contributed by atoms with Crippen molar-refractivity contribution in [3.63, 3.8) is 0 Å². The number of benzene rings is 4. The van der Waals surface area contributed by atoms with Crippen LogP contribution in [-0.2, 0) is 41.9 Å². The molecule has 0 saturated carbocycles. The van der Waals surface area contributed by atoms with E-state index < -0.39 is 0 Å². The molecule has 0 radical (unpaired) electrons. The Balaban J connectivity index is 1.01. The molecular weight excluding hydrogens is 430 g/mol. The van der Waals surface area contributed by atoms with Crippen LogP contribution in [-0.4, -0.2) is 12.2 Å². The molecule has 0 fully saturated rings. The molecule has 4 aromatic rings. The predicted molar refractivity (Wildman–Crippen MR) is 140 cm³/mol. The summed E-state index contributed by atoms with van der Waals surface area (Å²) >= 11 is 0. The van der Waals surface area contributed by atoms with Crippen molar-refractivity contribution in [3.8, 4) is 11.1 Å². The molecule has 2 aliphatic rings. The normalized spacial score (nSPS) is 19.0. The first-order valence-electron chi connectivity index (χ1n) is 12.5. The molecule has 3 nitrogen and oxygen atoms in total. The maximum atomic E-state index is 6.41. The predicted octanol–water partition coefficient (Wildman–Crippen LogP) is 6.18. The molecular formula is C32H31NO2. The van der Waals surface area contributed by atoms with Crippen LogP contribution in [0.2, 0.25) is 0 Å². The van der Waals surface area contributed by atoms with Crippen molar-refractivity contribution in [3.05, 3.63) is 130 Å². The maximum Gasteiger partial charge on any atom is 0.0812 e. The minimum Gasteiger partial charge on any atom is -0.373 e. The van der Waals surface area contributed by atoms with Crippen LogP contribution in [0, 0.1) is 0 Å². The van der Waals surface area contributed by atoms with Gasteiger partial charge in [0, 0.05) is 6.42 Å². The summed E-state index contributed by atoms with van der Waals surface area (Å²) in [6.45, 7) is 1.23. The van der Waals surface area contributed by atoms with Crippen LogP contribution in [0.3, 0.4) is 0 Å². The van der Waals surface area contributed by atoms with E-state index in [1.807, 2.05) is 6.07 Å². The van der Waals surface area contributed by atoms with Gasteiger partial charge in [-0.2, -0.15) is 0 Å². The summed E-state index contributed by atoms with van der Waals surface area (Å²) in [5.74, 6) is 0.